The van der Waals surface area contributed by atoms with E-state index in [1.165, 1.54) is 12.0 Å². The number of hydrogen-bond acceptors (Lipinski definition) is 5. The summed E-state index contributed by atoms with van der Waals surface area (Å²) in [6.45, 7) is 0. The molecule has 0 aliphatic carbocycles. The van der Waals surface area contributed by atoms with Crippen LogP contribution in [0.3, 0.4) is 0 Å². The van der Waals surface area contributed by atoms with Gasteiger partial charge in [0.15, 0.2) is 21.3 Å². The Morgan fingerprint density at radius 3 is 2.50 bits per heavy atom. The Kier molecular flexibility index (Phi) is 4.16. The molecule has 2 heterocycles. The van der Waals surface area contributed by atoms with E-state index < -0.39 is 9.84 Å². The highest BCUT2D eigenvalue weighted by atomic mass is 32.2. The SMILES string of the molecule is COc1cc2[nH]cc(C(=O)N(C)C3CCS(=O)(=O)C3)c2cc1OC. The lowest BCUT2D eigenvalue weighted by Gasteiger charge is -2.23. The number of carbonyl (C=O) groups excluding carboxylic acids is 1. The van der Waals surface area contributed by atoms with Crippen molar-refractivity contribution in [3.8, 4) is 11.5 Å². The van der Waals surface area contributed by atoms with Crippen molar-refractivity contribution in [2.45, 2.75) is 12.5 Å². The Labute approximate surface area is 140 Å². The quantitative estimate of drug-likeness (QED) is 0.899. The maximum Gasteiger partial charge on any atom is 0.256 e. The fraction of sp³-hybridized carbons (Fsp3) is 0.438. The van der Waals surface area contributed by atoms with Crippen LogP contribution in [0.5, 0.6) is 11.5 Å². The second kappa shape index (κ2) is 6.01. The molecule has 0 saturated carbocycles. The monoisotopic (exact) mass is 352 g/mol. The highest BCUT2D eigenvalue weighted by molar-refractivity contribution is 7.91. The highest BCUT2D eigenvalue weighted by Crippen LogP contribution is 2.34. The van der Waals surface area contributed by atoms with Gasteiger partial charge in [0.2, 0.25) is 0 Å². The molecule has 0 spiro atoms. The Morgan fingerprint density at radius 1 is 1.25 bits per heavy atom. The summed E-state index contributed by atoms with van der Waals surface area (Å²) in [5.74, 6) is 1.05. The number of H-pyrrole nitrogens is 1. The van der Waals surface area contributed by atoms with Crippen molar-refractivity contribution in [2.75, 3.05) is 32.8 Å². The fourth-order valence-electron chi connectivity index (χ4n) is 3.06. The van der Waals surface area contributed by atoms with Gasteiger partial charge >= 0.3 is 0 Å². The number of sulfone groups is 1. The lowest BCUT2D eigenvalue weighted by molar-refractivity contribution is 0.0749. The Bertz CT molecular complexity index is 887. The molecule has 2 aromatic rings. The Balaban J connectivity index is 1.95. The maximum atomic E-state index is 12.8. The molecule has 1 unspecified atom stereocenters. The maximum absolute atomic E-state index is 12.8. The van der Waals surface area contributed by atoms with Gasteiger partial charge in [0, 0.05) is 30.7 Å². The summed E-state index contributed by atoms with van der Waals surface area (Å²) in [4.78, 5) is 17.4. The molecule has 1 saturated heterocycles. The summed E-state index contributed by atoms with van der Waals surface area (Å²) in [7, 11) is 1.69. The van der Waals surface area contributed by atoms with Crippen LogP contribution >= 0.6 is 0 Å². The molecule has 1 atom stereocenters. The predicted molar refractivity (Wildman–Crippen MR) is 90.6 cm³/mol. The van der Waals surface area contributed by atoms with E-state index in [1.54, 1.807) is 32.5 Å². The lowest BCUT2D eigenvalue weighted by atomic mass is 10.1. The molecule has 24 heavy (non-hydrogen) atoms. The van der Waals surface area contributed by atoms with E-state index in [4.69, 9.17) is 9.47 Å². The van der Waals surface area contributed by atoms with Gasteiger partial charge in [0.25, 0.3) is 5.91 Å². The number of benzene rings is 1. The molecule has 1 aliphatic rings. The first-order valence-electron chi connectivity index (χ1n) is 7.57. The van der Waals surface area contributed by atoms with Crippen LogP contribution in [0.2, 0.25) is 0 Å². The molecule has 1 aliphatic heterocycles. The number of fused-ring (bicyclic) bond motifs is 1. The third kappa shape index (κ3) is 2.82. The molecule has 3 rings (SSSR count). The summed E-state index contributed by atoms with van der Waals surface area (Å²) >= 11 is 0. The number of aromatic nitrogens is 1. The minimum atomic E-state index is -3.04. The average molecular weight is 352 g/mol. The molecule has 0 bridgehead atoms. The van der Waals surface area contributed by atoms with Crippen LogP contribution in [0.1, 0.15) is 16.8 Å². The molecule has 130 valence electrons. The first-order valence-corrected chi connectivity index (χ1v) is 9.39. The molecular formula is C16H20N2O5S. The standard InChI is InChI=1S/C16H20N2O5S/c1-18(10-4-5-24(20,21)9-10)16(19)12-8-17-13-7-15(23-3)14(22-2)6-11(12)13/h6-8,10,17H,4-5,9H2,1-3H3. The third-order valence-corrected chi connectivity index (χ3v) is 6.24. The van der Waals surface area contributed by atoms with Crippen molar-refractivity contribution >= 4 is 26.6 Å². The van der Waals surface area contributed by atoms with Crippen LogP contribution in [-0.2, 0) is 9.84 Å². The summed E-state index contributed by atoms with van der Waals surface area (Å²) < 4.78 is 33.8. The number of carbonyl (C=O) groups is 1. The van der Waals surface area contributed by atoms with Gasteiger partial charge in [0.1, 0.15) is 0 Å². The first kappa shape index (κ1) is 16.6. The van der Waals surface area contributed by atoms with Gasteiger partial charge in [-0.1, -0.05) is 0 Å². The van der Waals surface area contributed by atoms with Crippen LogP contribution in [0.25, 0.3) is 10.9 Å². The zero-order valence-electron chi connectivity index (χ0n) is 13.8. The fourth-order valence-corrected chi connectivity index (χ4v) is 4.84. The van der Waals surface area contributed by atoms with Crippen molar-refractivity contribution in [1.29, 1.82) is 0 Å². The van der Waals surface area contributed by atoms with Crippen molar-refractivity contribution in [1.82, 2.24) is 9.88 Å². The minimum absolute atomic E-state index is 0.0226. The summed E-state index contributed by atoms with van der Waals surface area (Å²) in [5.41, 5.74) is 1.24. The van der Waals surface area contributed by atoms with Gasteiger partial charge in [-0.05, 0) is 12.5 Å². The van der Waals surface area contributed by atoms with Crippen molar-refractivity contribution < 1.29 is 22.7 Å². The van der Waals surface area contributed by atoms with Gasteiger partial charge < -0.3 is 19.4 Å². The molecule has 1 aromatic carbocycles. The lowest BCUT2D eigenvalue weighted by Crippen LogP contribution is -2.37. The zero-order chi connectivity index (χ0) is 17.5. The third-order valence-electron chi connectivity index (χ3n) is 4.49. The van der Waals surface area contributed by atoms with Crippen LogP contribution in [0.15, 0.2) is 18.3 Å². The molecule has 1 fully saturated rings. The normalized spacial score (nSPS) is 19.4. The number of rotatable bonds is 4. The van der Waals surface area contributed by atoms with Crippen LogP contribution in [-0.4, -0.2) is 63.0 Å². The van der Waals surface area contributed by atoms with Crippen molar-refractivity contribution in [3.63, 3.8) is 0 Å². The number of amides is 1. The molecule has 8 heteroatoms. The van der Waals surface area contributed by atoms with E-state index in [0.717, 1.165) is 5.52 Å². The highest BCUT2D eigenvalue weighted by Gasteiger charge is 2.33. The van der Waals surface area contributed by atoms with E-state index in [0.29, 0.717) is 28.9 Å². The number of methoxy groups -OCH3 is 2. The number of ether oxygens (including phenoxy) is 2. The first-order chi connectivity index (χ1) is 11.4. The second-order valence-electron chi connectivity index (χ2n) is 5.93. The van der Waals surface area contributed by atoms with Gasteiger partial charge in [0.05, 0.1) is 36.8 Å². The van der Waals surface area contributed by atoms with Gasteiger partial charge in [-0.2, -0.15) is 0 Å². The van der Waals surface area contributed by atoms with Crippen LogP contribution in [0, 0.1) is 0 Å². The number of nitrogens with one attached hydrogen (secondary N) is 1. The predicted octanol–water partition coefficient (Wildman–Crippen LogP) is 1.44. The largest absolute Gasteiger partial charge is 0.493 e. The summed E-state index contributed by atoms with van der Waals surface area (Å²) in [5, 5.41) is 0.713. The van der Waals surface area contributed by atoms with E-state index >= 15 is 0 Å². The van der Waals surface area contributed by atoms with Crippen molar-refractivity contribution in [3.05, 3.63) is 23.9 Å². The van der Waals surface area contributed by atoms with E-state index in [2.05, 4.69) is 4.98 Å². The van der Waals surface area contributed by atoms with Crippen LogP contribution in [0.4, 0.5) is 0 Å². The van der Waals surface area contributed by atoms with Gasteiger partial charge in [-0.25, -0.2) is 8.42 Å². The minimum Gasteiger partial charge on any atom is -0.493 e. The molecule has 1 aromatic heterocycles. The number of aromatic amines is 1. The van der Waals surface area contributed by atoms with Gasteiger partial charge in [-0.15, -0.1) is 0 Å². The summed E-state index contributed by atoms with van der Waals surface area (Å²) in [6, 6.07) is 3.23. The Hall–Kier alpha value is -2.22. The van der Waals surface area contributed by atoms with Crippen molar-refractivity contribution in [2.24, 2.45) is 0 Å². The van der Waals surface area contributed by atoms with Crippen LogP contribution < -0.4 is 9.47 Å². The number of nitrogens with zero attached hydrogens (tertiary/aromatic N) is 1. The van der Waals surface area contributed by atoms with Gasteiger partial charge in [-0.3, -0.25) is 4.79 Å². The molecule has 1 amide bonds. The smallest absolute Gasteiger partial charge is 0.256 e. The molecule has 7 nitrogen and oxygen atoms in total. The number of hydrogen-bond donors (Lipinski definition) is 1. The molecule has 1 N–H and O–H groups in total. The molecule has 0 radical (unpaired) electrons. The van der Waals surface area contributed by atoms with E-state index in [-0.39, 0.29) is 23.5 Å². The van der Waals surface area contributed by atoms with E-state index in [9.17, 15) is 13.2 Å². The topological polar surface area (TPSA) is 88.7 Å². The van der Waals surface area contributed by atoms with E-state index in [1.807, 2.05) is 0 Å². The summed E-state index contributed by atoms with van der Waals surface area (Å²) in [6.07, 6.45) is 2.11. The second-order valence-corrected chi connectivity index (χ2v) is 8.16. The molecular weight excluding hydrogens is 332 g/mol. The zero-order valence-corrected chi connectivity index (χ0v) is 14.6. The average Bonchev–Trinajstić information content (AvgIpc) is 3.14. The Morgan fingerprint density at radius 2 is 1.92 bits per heavy atom.